The monoisotopic (exact) mass is 259 g/mol. The van der Waals surface area contributed by atoms with Crippen molar-refractivity contribution in [1.82, 2.24) is 0 Å². The molecule has 4 heteroatoms. The van der Waals surface area contributed by atoms with Crippen LogP contribution in [-0.4, -0.2) is 11.2 Å². The van der Waals surface area contributed by atoms with E-state index in [2.05, 4.69) is 13.8 Å². The summed E-state index contributed by atoms with van der Waals surface area (Å²) < 4.78 is 13.7. The summed E-state index contributed by atoms with van der Waals surface area (Å²) in [6.45, 7) is 4.14. The van der Waals surface area contributed by atoms with Crippen LogP contribution in [0.4, 0.5) is 4.39 Å². The van der Waals surface area contributed by atoms with Crippen molar-refractivity contribution in [1.29, 1.82) is 0 Å². The second kappa shape index (κ2) is 6.34. The molecule has 0 aliphatic rings. The molecule has 0 heterocycles. The quantitative estimate of drug-likeness (QED) is 0.853. The van der Waals surface area contributed by atoms with Gasteiger partial charge in [-0.1, -0.05) is 37.6 Å². The average Bonchev–Trinajstić information content (AvgIpc) is 2.28. The molecule has 0 aliphatic heterocycles. The van der Waals surface area contributed by atoms with Crippen LogP contribution in [0, 0.1) is 11.7 Å². The first-order valence-corrected chi connectivity index (χ1v) is 6.18. The van der Waals surface area contributed by atoms with Gasteiger partial charge in [0.1, 0.15) is 5.82 Å². The highest BCUT2D eigenvalue weighted by Gasteiger charge is 2.21. The zero-order valence-corrected chi connectivity index (χ0v) is 10.9. The Labute approximate surface area is 107 Å². The van der Waals surface area contributed by atoms with Crippen molar-refractivity contribution in [3.8, 4) is 0 Å². The van der Waals surface area contributed by atoms with E-state index in [1.807, 2.05) is 0 Å². The maximum Gasteiger partial charge on any atom is 0.146 e. The smallest absolute Gasteiger partial charge is 0.146 e. The van der Waals surface area contributed by atoms with Gasteiger partial charge in [-0.25, -0.2) is 4.39 Å². The van der Waals surface area contributed by atoms with Crippen molar-refractivity contribution < 1.29 is 9.50 Å². The number of halogens is 2. The van der Waals surface area contributed by atoms with Crippen molar-refractivity contribution in [3.05, 3.63) is 34.6 Å². The van der Waals surface area contributed by atoms with E-state index in [0.29, 0.717) is 12.3 Å². The maximum absolute atomic E-state index is 13.7. The summed E-state index contributed by atoms with van der Waals surface area (Å²) in [6, 6.07) is 3.93. The molecule has 0 saturated heterocycles. The van der Waals surface area contributed by atoms with Crippen LogP contribution in [0.3, 0.4) is 0 Å². The SMILES string of the molecule is CC(C)CC[C@H](O)[C@H](N)c1cccc(Cl)c1F. The van der Waals surface area contributed by atoms with Gasteiger partial charge in [0.15, 0.2) is 0 Å². The summed E-state index contributed by atoms with van der Waals surface area (Å²) >= 11 is 5.68. The molecule has 1 aromatic carbocycles. The molecule has 17 heavy (non-hydrogen) atoms. The molecule has 0 radical (unpaired) electrons. The van der Waals surface area contributed by atoms with Gasteiger partial charge in [-0.05, 0) is 24.8 Å². The first-order chi connectivity index (χ1) is 7.93. The largest absolute Gasteiger partial charge is 0.391 e. The Kier molecular flexibility index (Phi) is 5.37. The molecular weight excluding hydrogens is 241 g/mol. The van der Waals surface area contributed by atoms with Crippen molar-refractivity contribution in [2.45, 2.75) is 38.8 Å². The van der Waals surface area contributed by atoms with E-state index in [1.165, 1.54) is 6.07 Å². The highest BCUT2D eigenvalue weighted by molar-refractivity contribution is 6.30. The summed E-state index contributed by atoms with van der Waals surface area (Å²) in [5, 5.41) is 9.94. The molecular formula is C13H19ClFNO. The van der Waals surface area contributed by atoms with Gasteiger partial charge >= 0.3 is 0 Å². The van der Waals surface area contributed by atoms with Gasteiger partial charge in [0, 0.05) is 5.56 Å². The molecule has 3 N–H and O–H groups in total. The fourth-order valence-corrected chi connectivity index (χ4v) is 1.85. The van der Waals surface area contributed by atoms with Crippen LogP contribution in [0.2, 0.25) is 5.02 Å². The average molecular weight is 260 g/mol. The van der Waals surface area contributed by atoms with Gasteiger partial charge in [0.2, 0.25) is 0 Å². The minimum atomic E-state index is -0.745. The molecule has 0 saturated carbocycles. The van der Waals surface area contributed by atoms with Crippen LogP contribution in [0.5, 0.6) is 0 Å². The zero-order chi connectivity index (χ0) is 13.0. The number of nitrogens with two attached hydrogens (primary N) is 1. The van der Waals surface area contributed by atoms with Crippen molar-refractivity contribution in [2.24, 2.45) is 11.7 Å². The summed E-state index contributed by atoms with van der Waals surface area (Å²) in [7, 11) is 0. The summed E-state index contributed by atoms with van der Waals surface area (Å²) in [6.07, 6.45) is 0.673. The van der Waals surface area contributed by atoms with Crippen LogP contribution < -0.4 is 5.73 Å². The lowest BCUT2D eigenvalue weighted by atomic mass is 9.96. The second-order valence-corrected chi connectivity index (χ2v) is 5.11. The normalized spacial score (nSPS) is 15.0. The van der Waals surface area contributed by atoms with Gasteiger partial charge in [-0.3, -0.25) is 0 Å². The minimum Gasteiger partial charge on any atom is -0.391 e. The molecule has 0 aromatic heterocycles. The summed E-state index contributed by atoms with van der Waals surface area (Å²) in [5.41, 5.74) is 6.12. The molecule has 0 spiro atoms. The molecule has 96 valence electrons. The fraction of sp³-hybridized carbons (Fsp3) is 0.538. The lowest BCUT2D eigenvalue weighted by Crippen LogP contribution is -2.27. The standard InChI is InChI=1S/C13H19ClFNO/c1-8(2)6-7-11(17)13(16)9-4-3-5-10(14)12(9)15/h3-5,8,11,13,17H,6-7,16H2,1-2H3/t11-,13+/m0/s1. The van der Waals surface area contributed by atoms with Crippen LogP contribution in [0.25, 0.3) is 0 Å². The molecule has 0 bridgehead atoms. The third-order valence-electron chi connectivity index (χ3n) is 2.79. The van der Waals surface area contributed by atoms with Crippen molar-refractivity contribution >= 4 is 11.6 Å². The maximum atomic E-state index is 13.7. The van der Waals surface area contributed by atoms with Crippen LogP contribution >= 0.6 is 11.6 Å². The van der Waals surface area contributed by atoms with Gasteiger partial charge in [-0.15, -0.1) is 0 Å². The Morgan fingerprint density at radius 2 is 2.00 bits per heavy atom. The zero-order valence-electron chi connectivity index (χ0n) is 10.2. The first-order valence-electron chi connectivity index (χ1n) is 5.81. The van der Waals surface area contributed by atoms with Gasteiger partial charge in [0.05, 0.1) is 17.2 Å². The van der Waals surface area contributed by atoms with Gasteiger partial charge < -0.3 is 10.8 Å². The highest BCUT2D eigenvalue weighted by atomic mass is 35.5. The van der Waals surface area contributed by atoms with Crippen LogP contribution in [-0.2, 0) is 0 Å². The Balaban J connectivity index is 2.74. The van der Waals surface area contributed by atoms with E-state index in [1.54, 1.807) is 12.1 Å². The van der Waals surface area contributed by atoms with Gasteiger partial charge in [0.25, 0.3) is 0 Å². The topological polar surface area (TPSA) is 46.2 Å². The molecule has 0 unspecified atom stereocenters. The van der Waals surface area contributed by atoms with Crippen LogP contribution in [0.1, 0.15) is 38.3 Å². The molecule has 2 nitrogen and oxygen atoms in total. The Morgan fingerprint density at radius 3 is 2.59 bits per heavy atom. The molecule has 1 rings (SSSR count). The van der Waals surface area contributed by atoms with E-state index >= 15 is 0 Å². The highest BCUT2D eigenvalue weighted by Crippen LogP contribution is 2.25. The first kappa shape index (κ1) is 14.4. The second-order valence-electron chi connectivity index (χ2n) is 4.71. The van der Waals surface area contributed by atoms with Crippen molar-refractivity contribution in [3.63, 3.8) is 0 Å². The fourth-order valence-electron chi connectivity index (χ4n) is 1.67. The molecule has 0 fully saturated rings. The predicted octanol–water partition coefficient (Wildman–Crippen LogP) is 3.28. The number of aliphatic hydroxyl groups is 1. The van der Waals surface area contributed by atoms with E-state index in [9.17, 15) is 9.50 Å². The number of hydrogen-bond donors (Lipinski definition) is 2. The number of hydrogen-bond acceptors (Lipinski definition) is 2. The number of benzene rings is 1. The van der Waals surface area contributed by atoms with E-state index < -0.39 is 18.0 Å². The van der Waals surface area contributed by atoms with Crippen molar-refractivity contribution in [2.75, 3.05) is 0 Å². The predicted molar refractivity (Wildman–Crippen MR) is 68.4 cm³/mol. The molecule has 2 atom stereocenters. The Hall–Kier alpha value is -0.640. The number of aliphatic hydroxyl groups excluding tert-OH is 1. The lowest BCUT2D eigenvalue weighted by molar-refractivity contribution is 0.127. The van der Waals surface area contributed by atoms with Gasteiger partial charge in [-0.2, -0.15) is 0 Å². The molecule has 0 amide bonds. The third-order valence-corrected chi connectivity index (χ3v) is 3.09. The molecule has 0 aliphatic carbocycles. The van der Waals surface area contributed by atoms with E-state index in [4.69, 9.17) is 17.3 Å². The number of rotatable bonds is 5. The Morgan fingerprint density at radius 1 is 1.35 bits per heavy atom. The summed E-state index contributed by atoms with van der Waals surface area (Å²) in [4.78, 5) is 0. The molecule has 1 aromatic rings. The Bertz CT molecular complexity index is 370. The summed E-state index contributed by atoms with van der Waals surface area (Å²) in [5.74, 6) is -0.0497. The van der Waals surface area contributed by atoms with E-state index in [0.717, 1.165) is 6.42 Å². The minimum absolute atomic E-state index is 0.0361. The third kappa shape index (κ3) is 3.95. The van der Waals surface area contributed by atoms with Crippen LogP contribution in [0.15, 0.2) is 18.2 Å². The van der Waals surface area contributed by atoms with E-state index in [-0.39, 0.29) is 10.6 Å². The lowest BCUT2D eigenvalue weighted by Gasteiger charge is -2.20.